The molecule has 1 rings (SSSR count). The van der Waals surface area contributed by atoms with Crippen molar-refractivity contribution in [1.82, 2.24) is 5.32 Å². The first-order valence-electron chi connectivity index (χ1n) is 6.12. The summed E-state index contributed by atoms with van der Waals surface area (Å²) in [5.41, 5.74) is 0. The van der Waals surface area contributed by atoms with Crippen molar-refractivity contribution in [2.45, 2.75) is 58.2 Å². The molecule has 1 fully saturated rings. The summed E-state index contributed by atoms with van der Waals surface area (Å²) >= 11 is 0. The lowest BCUT2D eigenvalue weighted by Gasteiger charge is -2.20. The van der Waals surface area contributed by atoms with Crippen LogP contribution in [0.15, 0.2) is 0 Å². The zero-order valence-corrected chi connectivity index (χ0v) is 10.2. The molecule has 3 nitrogen and oxygen atoms in total. The van der Waals surface area contributed by atoms with Crippen molar-refractivity contribution >= 4 is 0 Å². The summed E-state index contributed by atoms with van der Waals surface area (Å²) in [6.45, 7) is 7.39. The molecule has 0 bridgehead atoms. The molecule has 15 heavy (non-hydrogen) atoms. The number of hydrogen-bond acceptors (Lipinski definition) is 3. The van der Waals surface area contributed by atoms with Gasteiger partial charge in [0.2, 0.25) is 0 Å². The highest BCUT2D eigenvalue weighted by Gasteiger charge is 2.24. The average Bonchev–Trinajstić information content (AvgIpc) is 2.99. The van der Waals surface area contributed by atoms with Gasteiger partial charge in [-0.15, -0.1) is 0 Å². The summed E-state index contributed by atoms with van der Waals surface area (Å²) in [5.74, 6) is 0.564. The molecule has 3 heteroatoms. The minimum absolute atomic E-state index is 0.218. The summed E-state index contributed by atoms with van der Waals surface area (Å²) in [4.78, 5) is 0. The lowest BCUT2D eigenvalue weighted by Crippen LogP contribution is -2.35. The first kappa shape index (κ1) is 12.9. The van der Waals surface area contributed by atoms with E-state index in [2.05, 4.69) is 26.1 Å². The standard InChI is InChI=1S/C12H25NO2/c1-9(2)10(3)15-7-6-12(8-14)13-11-4-5-11/h9-14H,4-8H2,1-3H3. The molecule has 0 radical (unpaired) electrons. The maximum atomic E-state index is 9.16. The summed E-state index contributed by atoms with van der Waals surface area (Å²) in [6, 6.07) is 0.876. The van der Waals surface area contributed by atoms with Gasteiger partial charge in [0.25, 0.3) is 0 Å². The van der Waals surface area contributed by atoms with Gasteiger partial charge in [-0.1, -0.05) is 13.8 Å². The second-order valence-corrected chi connectivity index (χ2v) is 4.93. The van der Waals surface area contributed by atoms with Gasteiger partial charge in [-0.2, -0.15) is 0 Å². The molecule has 90 valence electrons. The Morgan fingerprint density at radius 1 is 1.33 bits per heavy atom. The van der Waals surface area contributed by atoms with Crippen molar-refractivity contribution in [3.05, 3.63) is 0 Å². The smallest absolute Gasteiger partial charge is 0.0585 e. The lowest BCUT2D eigenvalue weighted by atomic mass is 10.1. The van der Waals surface area contributed by atoms with Crippen LogP contribution in [0, 0.1) is 5.92 Å². The normalized spacial score (nSPS) is 20.6. The van der Waals surface area contributed by atoms with Crippen LogP contribution < -0.4 is 5.32 Å². The Balaban J connectivity index is 2.05. The van der Waals surface area contributed by atoms with E-state index in [-0.39, 0.29) is 12.6 Å². The second-order valence-electron chi connectivity index (χ2n) is 4.93. The molecule has 1 saturated carbocycles. The molecule has 1 aliphatic rings. The number of nitrogens with one attached hydrogen (secondary N) is 1. The maximum Gasteiger partial charge on any atom is 0.0585 e. The number of hydrogen-bond donors (Lipinski definition) is 2. The van der Waals surface area contributed by atoms with E-state index in [4.69, 9.17) is 9.84 Å². The fraction of sp³-hybridized carbons (Fsp3) is 1.00. The van der Waals surface area contributed by atoms with E-state index in [0.717, 1.165) is 13.0 Å². The number of aliphatic hydroxyl groups excluding tert-OH is 1. The van der Waals surface area contributed by atoms with Crippen molar-refractivity contribution in [2.24, 2.45) is 5.92 Å². The fourth-order valence-electron chi connectivity index (χ4n) is 1.40. The van der Waals surface area contributed by atoms with Gasteiger partial charge in [0.15, 0.2) is 0 Å². The highest BCUT2D eigenvalue weighted by Crippen LogP contribution is 2.19. The van der Waals surface area contributed by atoms with Crippen molar-refractivity contribution in [3.63, 3.8) is 0 Å². The Morgan fingerprint density at radius 2 is 2.00 bits per heavy atom. The van der Waals surface area contributed by atoms with Gasteiger partial charge >= 0.3 is 0 Å². The molecule has 0 heterocycles. The maximum absolute atomic E-state index is 9.16. The third kappa shape index (κ3) is 5.50. The minimum atomic E-state index is 0.218. The van der Waals surface area contributed by atoms with Crippen molar-refractivity contribution < 1.29 is 9.84 Å². The van der Waals surface area contributed by atoms with Crippen molar-refractivity contribution in [3.8, 4) is 0 Å². The van der Waals surface area contributed by atoms with Crippen LogP contribution in [0.1, 0.15) is 40.0 Å². The van der Waals surface area contributed by atoms with Crippen LogP contribution in [0.5, 0.6) is 0 Å². The Kier molecular flexibility index (Phi) is 5.58. The lowest BCUT2D eigenvalue weighted by molar-refractivity contribution is 0.0271. The Hall–Kier alpha value is -0.120. The molecule has 0 saturated heterocycles. The van der Waals surface area contributed by atoms with Gasteiger partial charge in [0.05, 0.1) is 12.7 Å². The number of rotatable bonds is 8. The van der Waals surface area contributed by atoms with E-state index in [1.165, 1.54) is 12.8 Å². The molecule has 0 aliphatic heterocycles. The fourth-order valence-corrected chi connectivity index (χ4v) is 1.40. The van der Waals surface area contributed by atoms with E-state index >= 15 is 0 Å². The van der Waals surface area contributed by atoms with Crippen LogP contribution in [0.3, 0.4) is 0 Å². The summed E-state index contributed by atoms with van der Waals surface area (Å²) < 4.78 is 5.69. The van der Waals surface area contributed by atoms with E-state index in [9.17, 15) is 0 Å². The molecule has 2 atom stereocenters. The van der Waals surface area contributed by atoms with Crippen LogP contribution in [0.4, 0.5) is 0 Å². The molecule has 2 unspecified atom stereocenters. The topological polar surface area (TPSA) is 41.5 Å². The number of ether oxygens (including phenoxy) is 1. The summed E-state index contributed by atoms with van der Waals surface area (Å²) in [6.07, 6.45) is 3.74. The molecule has 2 N–H and O–H groups in total. The predicted octanol–water partition coefficient (Wildman–Crippen LogP) is 1.55. The highest BCUT2D eigenvalue weighted by atomic mass is 16.5. The molecule has 0 aromatic rings. The third-order valence-corrected chi connectivity index (χ3v) is 3.06. The Bertz CT molecular complexity index is 169. The van der Waals surface area contributed by atoms with Gasteiger partial charge in [-0.05, 0) is 32.1 Å². The molecule has 0 aromatic heterocycles. The molecule has 0 amide bonds. The van der Waals surface area contributed by atoms with Crippen molar-refractivity contribution in [2.75, 3.05) is 13.2 Å². The summed E-state index contributed by atoms with van der Waals surface area (Å²) in [5, 5.41) is 12.6. The van der Waals surface area contributed by atoms with Gasteiger partial charge in [0.1, 0.15) is 0 Å². The van der Waals surface area contributed by atoms with E-state index < -0.39 is 0 Å². The van der Waals surface area contributed by atoms with Gasteiger partial charge in [-0.3, -0.25) is 0 Å². The SMILES string of the molecule is CC(C)C(C)OCCC(CO)NC1CC1. The zero-order valence-electron chi connectivity index (χ0n) is 10.2. The second kappa shape index (κ2) is 6.46. The number of aliphatic hydroxyl groups is 1. The average molecular weight is 215 g/mol. The Labute approximate surface area is 93.2 Å². The molecule has 0 aromatic carbocycles. The third-order valence-electron chi connectivity index (χ3n) is 3.06. The molecular weight excluding hydrogens is 190 g/mol. The predicted molar refractivity (Wildman–Crippen MR) is 61.9 cm³/mol. The van der Waals surface area contributed by atoms with Crippen LogP contribution in [0.2, 0.25) is 0 Å². The Morgan fingerprint density at radius 3 is 2.47 bits per heavy atom. The van der Waals surface area contributed by atoms with E-state index in [1.54, 1.807) is 0 Å². The zero-order chi connectivity index (χ0) is 11.3. The first-order valence-corrected chi connectivity index (χ1v) is 6.12. The molecular formula is C12H25NO2. The van der Waals surface area contributed by atoms with Crippen LogP contribution in [-0.2, 0) is 4.74 Å². The van der Waals surface area contributed by atoms with Gasteiger partial charge < -0.3 is 15.2 Å². The molecule has 0 spiro atoms. The quantitative estimate of drug-likeness (QED) is 0.645. The monoisotopic (exact) mass is 215 g/mol. The van der Waals surface area contributed by atoms with E-state index in [1.807, 2.05) is 0 Å². The van der Waals surface area contributed by atoms with Crippen LogP contribution in [0.25, 0.3) is 0 Å². The summed E-state index contributed by atoms with van der Waals surface area (Å²) in [7, 11) is 0. The van der Waals surface area contributed by atoms with Gasteiger partial charge in [-0.25, -0.2) is 0 Å². The largest absolute Gasteiger partial charge is 0.395 e. The van der Waals surface area contributed by atoms with Crippen LogP contribution in [-0.4, -0.2) is 36.5 Å². The van der Waals surface area contributed by atoms with Crippen molar-refractivity contribution in [1.29, 1.82) is 0 Å². The first-order chi connectivity index (χ1) is 7.13. The van der Waals surface area contributed by atoms with E-state index in [0.29, 0.717) is 18.1 Å². The highest BCUT2D eigenvalue weighted by molar-refractivity contribution is 4.84. The van der Waals surface area contributed by atoms with Crippen LogP contribution >= 0.6 is 0 Å². The molecule has 1 aliphatic carbocycles. The van der Waals surface area contributed by atoms with Gasteiger partial charge in [0, 0.05) is 18.7 Å². The minimum Gasteiger partial charge on any atom is -0.395 e.